The average molecular weight is 366 g/mol. The van der Waals surface area contributed by atoms with Crippen molar-refractivity contribution in [3.63, 3.8) is 0 Å². The number of aliphatic imine (C=N–C) groups is 1. The fourth-order valence-electron chi connectivity index (χ4n) is 3.07. The van der Waals surface area contributed by atoms with Crippen LogP contribution in [0.5, 0.6) is 11.5 Å². The Labute approximate surface area is 158 Å². The summed E-state index contributed by atoms with van der Waals surface area (Å²) in [4.78, 5) is 28.1. The number of carbonyl (C=O) groups excluding carboxylic acids is 2. The summed E-state index contributed by atoms with van der Waals surface area (Å²) in [7, 11) is 1.54. The molecule has 1 aliphatic heterocycles. The first-order valence-electron chi connectivity index (χ1n) is 8.77. The van der Waals surface area contributed by atoms with E-state index in [9.17, 15) is 9.59 Å². The summed E-state index contributed by atoms with van der Waals surface area (Å²) in [5.41, 5.74) is 2.28. The van der Waals surface area contributed by atoms with Gasteiger partial charge in [-0.3, -0.25) is 9.59 Å². The minimum Gasteiger partial charge on any atom is -0.493 e. The molecule has 3 rings (SSSR count). The van der Waals surface area contributed by atoms with Gasteiger partial charge in [-0.25, -0.2) is 4.99 Å². The van der Waals surface area contributed by atoms with Crippen LogP contribution in [0.25, 0.3) is 0 Å². The van der Waals surface area contributed by atoms with E-state index in [0.717, 1.165) is 11.3 Å². The molecule has 140 valence electrons. The monoisotopic (exact) mass is 366 g/mol. The summed E-state index contributed by atoms with van der Waals surface area (Å²) in [6.07, 6.45) is 7.13. The van der Waals surface area contributed by atoms with Crippen LogP contribution >= 0.6 is 0 Å². The summed E-state index contributed by atoms with van der Waals surface area (Å²) in [6.45, 7) is 3.91. The largest absolute Gasteiger partial charge is 0.493 e. The Kier molecular flexibility index (Phi) is 5.54. The van der Waals surface area contributed by atoms with Crippen molar-refractivity contribution >= 4 is 17.5 Å². The number of allylic oxidation sites excluding steroid dienone is 3. The van der Waals surface area contributed by atoms with Gasteiger partial charge in [-0.1, -0.05) is 32.1 Å². The predicted octanol–water partition coefficient (Wildman–Crippen LogP) is 2.82. The van der Waals surface area contributed by atoms with Crippen molar-refractivity contribution in [3.05, 3.63) is 59.8 Å². The maximum Gasteiger partial charge on any atom is 0.284 e. The Morgan fingerprint density at radius 3 is 2.67 bits per heavy atom. The van der Waals surface area contributed by atoms with Crippen LogP contribution in [0.3, 0.4) is 0 Å². The van der Waals surface area contributed by atoms with Gasteiger partial charge in [-0.05, 0) is 35.8 Å². The lowest BCUT2D eigenvalue weighted by molar-refractivity contribution is -0.119. The van der Waals surface area contributed by atoms with Crippen molar-refractivity contribution in [2.24, 2.45) is 16.8 Å². The van der Waals surface area contributed by atoms with Gasteiger partial charge in [0, 0.05) is 17.7 Å². The Balaban J connectivity index is 1.70. The van der Waals surface area contributed by atoms with Gasteiger partial charge in [0.25, 0.3) is 5.91 Å². The van der Waals surface area contributed by atoms with E-state index in [0.29, 0.717) is 17.2 Å². The molecule has 0 spiro atoms. The number of carbonyl (C=O) groups is 2. The Morgan fingerprint density at radius 1 is 1.22 bits per heavy atom. The molecule has 0 saturated heterocycles. The zero-order valence-corrected chi connectivity index (χ0v) is 15.6. The average Bonchev–Trinajstić information content (AvgIpc) is 2.65. The van der Waals surface area contributed by atoms with Crippen LogP contribution in [0.1, 0.15) is 13.8 Å². The highest BCUT2D eigenvalue weighted by Gasteiger charge is 2.27. The van der Waals surface area contributed by atoms with Crippen molar-refractivity contribution < 1.29 is 19.1 Å². The van der Waals surface area contributed by atoms with Crippen molar-refractivity contribution in [2.75, 3.05) is 13.7 Å². The second-order valence-electron chi connectivity index (χ2n) is 6.59. The third kappa shape index (κ3) is 4.34. The molecule has 1 aliphatic carbocycles. The molecule has 2 aliphatic rings. The van der Waals surface area contributed by atoms with Crippen LogP contribution in [0, 0.1) is 11.8 Å². The van der Waals surface area contributed by atoms with Crippen LogP contribution in [-0.2, 0) is 9.59 Å². The molecule has 6 heteroatoms. The first-order chi connectivity index (χ1) is 13.0. The molecule has 0 saturated carbocycles. The topological polar surface area (TPSA) is 77.0 Å². The normalized spacial score (nSPS) is 19.9. The van der Waals surface area contributed by atoms with E-state index in [4.69, 9.17) is 9.47 Å². The van der Waals surface area contributed by atoms with E-state index < -0.39 is 5.91 Å². The molecule has 0 fully saturated rings. The molecule has 2 amide bonds. The molecule has 1 aromatic rings. The van der Waals surface area contributed by atoms with Crippen molar-refractivity contribution in [1.82, 2.24) is 5.32 Å². The lowest BCUT2D eigenvalue weighted by Crippen LogP contribution is -2.34. The summed E-state index contributed by atoms with van der Waals surface area (Å²) in [6, 6.07) is 7.10. The fraction of sp³-hybridized carbons (Fsp3) is 0.286. The van der Waals surface area contributed by atoms with Gasteiger partial charge in [0.15, 0.2) is 18.1 Å². The van der Waals surface area contributed by atoms with Gasteiger partial charge in [0.1, 0.15) is 0 Å². The summed E-state index contributed by atoms with van der Waals surface area (Å²) < 4.78 is 10.7. The SMILES string of the molecule is COc1ccccc1OCC(=O)N=C1C=CC2C(=C1)NC(=O)C=C2C(C)C. The molecule has 1 aromatic carbocycles. The first kappa shape index (κ1) is 18.6. The summed E-state index contributed by atoms with van der Waals surface area (Å²) >= 11 is 0. The molecule has 1 unspecified atom stereocenters. The lowest BCUT2D eigenvalue weighted by atomic mass is 9.82. The van der Waals surface area contributed by atoms with Crippen LogP contribution in [-0.4, -0.2) is 31.2 Å². The number of methoxy groups -OCH3 is 1. The Morgan fingerprint density at radius 2 is 1.96 bits per heavy atom. The molecule has 0 radical (unpaired) electrons. The highest BCUT2D eigenvalue weighted by atomic mass is 16.5. The minimum atomic E-state index is -0.419. The number of hydrogen-bond donors (Lipinski definition) is 1. The standard InChI is InChI=1S/C21H22N2O4/c1-13(2)16-11-20(24)23-17-10-14(8-9-15(16)17)22-21(25)12-27-19-7-5-4-6-18(19)26-3/h4-11,13,15H,12H2,1-3H3,(H,23,24). The van der Waals surface area contributed by atoms with Crippen LogP contribution in [0.2, 0.25) is 0 Å². The second kappa shape index (κ2) is 8.03. The molecule has 27 heavy (non-hydrogen) atoms. The third-order valence-electron chi connectivity index (χ3n) is 4.36. The highest BCUT2D eigenvalue weighted by molar-refractivity contribution is 6.11. The zero-order valence-electron chi connectivity index (χ0n) is 15.6. The van der Waals surface area contributed by atoms with E-state index >= 15 is 0 Å². The van der Waals surface area contributed by atoms with Gasteiger partial charge < -0.3 is 14.8 Å². The smallest absolute Gasteiger partial charge is 0.284 e. The number of hydrogen-bond acceptors (Lipinski definition) is 4. The number of ether oxygens (including phenoxy) is 2. The molecule has 1 N–H and O–H groups in total. The minimum absolute atomic E-state index is 0.0154. The number of fused-ring (bicyclic) bond motifs is 1. The molecular formula is C21H22N2O4. The van der Waals surface area contributed by atoms with E-state index in [1.54, 1.807) is 36.4 Å². The van der Waals surface area contributed by atoms with E-state index in [1.807, 2.05) is 12.1 Å². The van der Waals surface area contributed by atoms with E-state index in [-0.39, 0.29) is 24.3 Å². The number of amides is 2. The van der Waals surface area contributed by atoms with Gasteiger partial charge in [-0.2, -0.15) is 0 Å². The van der Waals surface area contributed by atoms with Gasteiger partial charge in [0.05, 0.1) is 12.8 Å². The maximum atomic E-state index is 12.2. The van der Waals surface area contributed by atoms with Gasteiger partial charge in [-0.15, -0.1) is 0 Å². The number of rotatable bonds is 5. The van der Waals surface area contributed by atoms with Crippen LogP contribution in [0.4, 0.5) is 0 Å². The first-order valence-corrected chi connectivity index (χ1v) is 8.77. The van der Waals surface area contributed by atoms with Gasteiger partial charge in [0.2, 0.25) is 5.91 Å². The van der Waals surface area contributed by atoms with Crippen molar-refractivity contribution in [1.29, 1.82) is 0 Å². The number of nitrogens with one attached hydrogen (secondary N) is 1. The van der Waals surface area contributed by atoms with E-state index in [2.05, 4.69) is 24.2 Å². The molecule has 6 nitrogen and oxygen atoms in total. The molecular weight excluding hydrogens is 344 g/mol. The summed E-state index contributed by atoms with van der Waals surface area (Å²) in [5, 5.41) is 2.83. The Hall–Kier alpha value is -3.15. The lowest BCUT2D eigenvalue weighted by Gasteiger charge is -2.29. The molecule has 0 bridgehead atoms. The second-order valence-corrected chi connectivity index (χ2v) is 6.59. The molecule has 1 heterocycles. The highest BCUT2D eigenvalue weighted by Crippen LogP contribution is 2.31. The number of para-hydroxylation sites is 2. The number of nitrogens with zero attached hydrogens (tertiary/aromatic N) is 1. The van der Waals surface area contributed by atoms with Crippen molar-refractivity contribution in [2.45, 2.75) is 13.8 Å². The van der Waals surface area contributed by atoms with Gasteiger partial charge >= 0.3 is 0 Å². The third-order valence-corrected chi connectivity index (χ3v) is 4.36. The van der Waals surface area contributed by atoms with E-state index in [1.165, 1.54) is 7.11 Å². The van der Waals surface area contributed by atoms with Crippen molar-refractivity contribution in [3.8, 4) is 11.5 Å². The molecule has 0 aromatic heterocycles. The fourth-order valence-corrected chi connectivity index (χ4v) is 3.07. The van der Waals surface area contributed by atoms with Crippen LogP contribution < -0.4 is 14.8 Å². The summed E-state index contributed by atoms with van der Waals surface area (Å²) in [5.74, 6) is 0.736. The molecule has 1 atom stereocenters. The zero-order chi connectivity index (χ0) is 19.4. The van der Waals surface area contributed by atoms with Crippen LogP contribution in [0.15, 0.2) is 64.8 Å². The maximum absolute atomic E-state index is 12.2. The Bertz CT molecular complexity index is 878. The predicted molar refractivity (Wildman–Crippen MR) is 103 cm³/mol. The quantitative estimate of drug-likeness (QED) is 0.869. The number of benzene rings is 1.